The van der Waals surface area contributed by atoms with Gasteiger partial charge in [-0.3, -0.25) is 0 Å². The Morgan fingerprint density at radius 2 is 1.75 bits per heavy atom. The molecule has 0 aliphatic rings. The van der Waals surface area contributed by atoms with E-state index in [4.69, 9.17) is 5.11 Å². The molecule has 0 atom stereocenters. The average molecular weight is 214 g/mol. The Kier molecular flexibility index (Phi) is 11.9. The minimum atomic E-state index is 0.0184. The van der Waals surface area contributed by atoms with E-state index in [1.54, 1.807) is 18.2 Å². The van der Waals surface area contributed by atoms with Crippen LogP contribution in [-0.4, -0.2) is 11.7 Å². The predicted molar refractivity (Wildman–Crippen MR) is 69.6 cm³/mol. The SMILES string of the molecule is CCCC/C=C/C=CC#CC#CC=CCO. The molecule has 0 radical (unpaired) electrons. The first-order valence-electron chi connectivity index (χ1n) is 5.50. The number of unbranched alkanes of at least 4 members (excludes halogenated alkanes) is 2. The van der Waals surface area contributed by atoms with Crippen molar-refractivity contribution in [3.63, 3.8) is 0 Å². The molecule has 0 aromatic rings. The molecule has 0 bridgehead atoms. The molecule has 1 N–H and O–H groups in total. The lowest BCUT2D eigenvalue weighted by atomic mass is 10.2. The van der Waals surface area contributed by atoms with Gasteiger partial charge in [0.1, 0.15) is 0 Å². The summed E-state index contributed by atoms with van der Waals surface area (Å²) in [5.41, 5.74) is 0. The molecule has 0 rings (SSSR count). The van der Waals surface area contributed by atoms with Gasteiger partial charge in [-0.25, -0.2) is 0 Å². The van der Waals surface area contributed by atoms with Crippen LogP contribution in [0.2, 0.25) is 0 Å². The van der Waals surface area contributed by atoms with Gasteiger partial charge in [-0.15, -0.1) is 0 Å². The summed E-state index contributed by atoms with van der Waals surface area (Å²) in [6, 6.07) is 0. The van der Waals surface area contributed by atoms with E-state index in [2.05, 4.69) is 36.7 Å². The quantitative estimate of drug-likeness (QED) is 0.424. The molecular weight excluding hydrogens is 196 g/mol. The summed E-state index contributed by atoms with van der Waals surface area (Å²) in [6.07, 6.45) is 14.6. The van der Waals surface area contributed by atoms with Crippen molar-refractivity contribution in [3.8, 4) is 23.7 Å². The number of aliphatic hydroxyl groups excluding tert-OH is 1. The maximum atomic E-state index is 8.42. The summed E-state index contributed by atoms with van der Waals surface area (Å²) in [5, 5.41) is 8.42. The van der Waals surface area contributed by atoms with Crippen molar-refractivity contribution < 1.29 is 5.11 Å². The molecule has 0 amide bonds. The van der Waals surface area contributed by atoms with Crippen LogP contribution >= 0.6 is 0 Å². The van der Waals surface area contributed by atoms with E-state index >= 15 is 0 Å². The standard InChI is InChI=1S/C15H18O/c1-2-3-4-5-6-7-8-9-10-11-12-13-14-15-16/h5-8,13-14,16H,2-4,15H2,1H3/b6-5+,8-7?,14-13?. The molecule has 0 unspecified atom stereocenters. The molecular formula is C15H18O. The third-order valence-electron chi connectivity index (χ3n) is 1.66. The van der Waals surface area contributed by atoms with E-state index in [-0.39, 0.29) is 6.61 Å². The zero-order chi connectivity index (χ0) is 11.9. The van der Waals surface area contributed by atoms with Gasteiger partial charge in [-0.05, 0) is 30.4 Å². The lowest BCUT2D eigenvalue weighted by molar-refractivity contribution is 0.343. The number of rotatable bonds is 5. The largest absolute Gasteiger partial charge is 0.392 e. The van der Waals surface area contributed by atoms with E-state index in [0.717, 1.165) is 6.42 Å². The maximum Gasteiger partial charge on any atom is 0.0621 e. The van der Waals surface area contributed by atoms with Gasteiger partial charge in [0.15, 0.2) is 0 Å². The molecule has 1 heteroatoms. The van der Waals surface area contributed by atoms with E-state index < -0.39 is 0 Å². The van der Waals surface area contributed by atoms with Gasteiger partial charge in [-0.2, -0.15) is 0 Å². The second-order valence-electron chi connectivity index (χ2n) is 3.05. The minimum absolute atomic E-state index is 0.0184. The van der Waals surface area contributed by atoms with Gasteiger partial charge < -0.3 is 5.11 Å². The highest BCUT2D eigenvalue weighted by Gasteiger charge is 1.74. The topological polar surface area (TPSA) is 20.2 Å². The Hall–Kier alpha value is -1.70. The molecule has 0 fully saturated rings. The summed E-state index contributed by atoms with van der Waals surface area (Å²) >= 11 is 0. The average Bonchev–Trinajstić information content (AvgIpc) is 2.31. The van der Waals surface area contributed by atoms with Crippen molar-refractivity contribution in [1.82, 2.24) is 0 Å². The summed E-state index contributed by atoms with van der Waals surface area (Å²) < 4.78 is 0. The summed E-state index contributed by atoms with van der Waals surface area (Å²) in [4.78, 5) is 0. The number of hydrogen-bond acceptors (Lipinski definition) is 1. The number of aliphatic hydroxyl groups is 1. The fraction of sp³-hybridized carbons (Fsp3) is 0.333. The molecule has 84 valence electrons. The summed E-state index contributed by atoms with van der Waals surface area (Å²) in [5.74, 6) is 10.8. The molecule has 0 spiro atoms. The van der Waals surface area contributed by atoms with Gasteiger partial charge in [0, 0.05) is 0 Å². The second kappa shape index (κ2) is 13.3. The fourth-order valence-corrected chi connectivity index (χ4v) is 0.868. The van der Waals surface area contributed by atoms with Crippen LogP contribution in [0, 0.1) is 23.7 Å². The molecule has 0 aliphatic heterocycles. The van der Waals surface area contributed by atoms with E-state index in [9.17, 15) is 0 Å². The first kappa shape index (κ1) is 14.3. The van der Waals surface area contributed by atoms with Crippen molar-refractivity contribution >= 4 is 0 Å². The predicted octanol–water partition coefficient (Wildman–Crippen LogP) is 2.84. The van der Waals surface area contributed by atoms with Crippen LogP contribution in [0.1, 0.15) is 26.2 Å². The van der Waals surface area contributed by atoms with Crippen molar-refractivity contribution in [2.45, 2.75) is 26.2 Å². The van der Waals surface area contributed by atoms with Gasteiger partial charge in [0.2, 0.25) is 0 Å². The third kappa shape index (κ3) is 12.3. The third-order valence-corrected chi connectivity index (χ3v) is 1.66. The van der Waals surface area contributed by atoms with Gasteiger partial charge in [0.05, 0.1) is 6.61 Å². The van der Waals surface area contributed by atoms with Crippen molar-refractivity contribution in [2.24, 2.45) is 0 Å². The first-order valence-corrected chi connectivity index (χ1v) is 5.50. The number of hydrogen-bond donors (Lipinski definition) is 1. The van der Waals surface area contributed by atoms with Gasteiger partial charge in [-0.1, -0.05) is 55.9 Å². The highest BCUT2D eigenvalue weighted by atomic mass is 16.2. The van der Waals surface area contributed by atoms with Crippen LogP contribution in [0.25, 0.3) is 0 Å². The van der Waals surface area contributed by atoms with Gasteiger partial charge in [0.25, 0.3) is 0 Å². The zero-order valence-electron chi connectivity index (χ0n) is 9.74. The summed E-state index contributed by atoms with van der Waals surface area (Å²) in [6.45, 7) is 2.20. The van der Waals surface area contributed by atoms with Crippen LogP contribution in [0.15, 0.2) is 36.5 Å². The maximum absolute atomic E-state index is 8.42. The Bertz CT molecular complexity index is 350. The Balaban J connectivity index is 3.73. The Morgan fingerprint density at radius 1 is 1.00 bits per heavy atom. The molecule has 1 nitrogen and oxygen atoms in total. The van der Waals surface area contributed by atoms with Gasteiger partial charge >= 0.3 is 0 Å². The van der Waals surface area contributed by atoms with Crippen molar-refractivity contribution in [2.75, 3.05) is 6.61 Å². The fourth-order valence-electron chi connectivity index (χ4n) is 0.868. The van der Waals surface area contributed by atoms with Crippen LogP contribution in [0.5, 0.6) is 0 Å². The lowest BCUT2D eigenvalue weighted by Gasteiger charge is -1.84. The molecule has 0 saturated carbocycles. The lowest BCUT2D eigenvalue weighted by Crippen LogP contribution is -1.67. The molecule has 0 aromatic heterocycles. The normalized spacial score (nSPS) is 10.4. The Labute approximate surface area is 98.6 Å². The highest BCUT2D eigenvalue weighted by Crippen LogP contribution is 1.94. The Morgan fingerprint density at radius 3 is 2.44 bits per heavy atom. The molecule has 0 aliphatic carbocycles. The summed E-state index contributed by atoms with van der Waals surface area (Å²) in [7, 11) is 0. The molecule has 0 aromatic carbocycles. The van der Waals surface area contributed by atoms with Crippen LogP contribution in [-0.2, 0) is 0 Å². The molecule has 0 heterocycles. The number of allylic oxidation sites excluding steroid dienone is 5. The van der Waals surface area contributed by atoms with Crippen LogP contribution in [0.3, 0.4) is 0 Å². The van der Waals surface area contributed by atoms with E-state index in [1.807, 2.05) is 12.2 Å². The van der Waals surface area contributed by atoms with Crippen LogP contribution < -0.4 is 0 Å². The van der Waals surface area contributed by atoms with Crippen molar-refractivity contribution in [3.05, 3.63) is 36.5 Å². The second-order valence-corrected chi connectivity index (χ2v) is 3.05. The van der Waals surface area contributed by atoms with E-state index in [0.29, 0.717) is 0 Å². The smallest absolute Gasteiger partial charge is 0.0621 e. The van der Waals surface area contributed by atoms with E-state index in [1.165, 1.54) is 12.8 Å². The molecule has 16 heavy (non-hydrogen) atoms. The van der Waals surface area contributed by atoms with Crippen molar-refractivity contribution in [1.29, 1.82) is 0 Å². The molecule has 0 saturated heterocycles. The first-order chi connectivity index (χ1) is 7.91. The van der Waals surface area contributed by atoms with Crippen LogP contribution in [0.4, 0.5) is 0 Å². The minimum Gasteiger partial charge on any atom is -0.392 e. The highest BCUT2D eigenvalue weighted by molar-refractivity contribution is 5.34. The zero-order valence-corrected chi connectivity index (χ0v) is 9.74. The monoisotopic (exact) mass is 214 g/mol.